The van der Waals surface area contributed by atoms with Gasteiger partial charge in [-0.15, -0.1) is 0 Å². The van der Waals surface area contributed by atoms with Crippen molar-refractivity contribution in [3.63, 3.8) is 0 Å². The standard InChI is InChI=1S/C18H14N2O4/c1-11-15(10-12-5-4-6-13(21)9-12)18(24)20(19-11)17(23)14-7-2-3-8-16(14)22/h2-10,21-22H,1H3/b15-10-. The highest BCUT2D eigenvalue weighted by atomic mass is 16.3. The minimum Gasteiger partial charge on any atom is -0.508 e. The summed E-state index contributed by atoms with van der Waals surface area (Å²) in [7, 11) is 0. The zero-order valence-corrected chi connectivity index (χ0v) is 12.8. The van der Waals surface area contributed by atoms with Gasteiger partial charge in [0.1, 0.15) is 11.5 Å². The monoisotopic (exact) mass is 322 g/mol. The summed E-state index contributed by atoms with van der Waals surface area (Å²) >= 11 is 0. The molecule has 0 aliphatic carbocycles. The number of para-hydroxylation sites is 1. The van der Waals surface area contributed by atoms with Crippen LogP contribution in [0.4, 0.5) is 0 Å². The van der Waals surface area contributed by atoms with Crippen molar-refractivity contribution in [2.45, 2.75) is 6.92 Å². The molecule has 0 saturated heterocycles. The molecule has 2 aromatic carbocycles. The molecule has 24 heavy (non-hydrogen) atoms. The summed E-state index contributed by atoms with van der Waals surface area (Å²) in [6.45, 7) is 1.62. The molecule has 1 aliphatic rings. The fraction of sp³-hybridized carbons (Fsp3) is 0.0556. The molecule has 0 spiro atoms. The van der Waals surface area contributed by atoms with E-state index in [0.717, 1.165) is 5.01 Å². The minimum absolute atomic E-state index is 0.000931. The van der Waals surface area contributed by atoms with Gasteiger partial charge >= 0.3 is 0 Å². The third-order valence-electron chi connectivity index (χ3n) is 3.57. The van der Waals surface area contributed by atoms with E-state index < -0.39 is 11.8 Å². The van der Waals surface area contributed by atoms with Gasteiger partial charge in [-0.05, 0) is 42.8 Å². The number of phenolic OH excluding ortho intramolecular Hbond substituents is 2. The van der Waals surface area contributed by atoms with Crippen LogP contribution in [-0.2, 0) is 4.79 Å². The summed E-state index contributed by atoms with van der Waals surface area (Å²) in [6.07, 6.45) is 1.55. The molecule has 0 aromatic heterocycles. The number of phenols is 2. The van der Waals surface area contributed by atoms with Crippen LogP contribution in [0.5, 0.6) is 11.5 Å². The fourth-order valence-corrected chi connectivity index (χ4v) is 2.37. The van der Waals surface area contributed by atoms with E-state index in [2.05, 4.69) is 5.10 Å². The lowest BCUT2D eigenvalue weighted by Crippen LogP contribution is -2.29. The number of hydrazone groups is 1. The van der Waals surface area contributed by atoms with Crippen LogP contribution >= 0.6 is 0 Å². The topological polar surface area (TPSA) is 90.2 Å². The van der Waals surface area contributed by atoms with Crippen molar-refractivity contribution in [1.29, 1.82) is 0 Å². The maximum atomic E-state index is 12.5. The number of hydrogen-bond acceptors (Lipinski definition) is 5. The normalized spacial score (nSPS) is 15.7. The third kappa shape index (κ3) is 2.77. The first-order chi connectivity index (χ1) is 11.5. The van der Waals surface area contributed by atoms with E-state index in [9.17, 15) is 19.8 Å². The van der Waals surface area contributed by atoms with Crippen molar-refractivity contribution in [1.82, 2.24) is 5.01 Å². The Labute approximate surface area is 138 Å². The highest BCUT2D eigenvalue weighted by Crippen LogP contribution is 2.24. The van der Waals surface area contributed by atoms with Crippen LogP contribution in [0, 0.1) is 0 Å². The second kappa shape index (κ2) is 6.00. The van der Waals surface area contributed by atoms with Crippen LogP contribution in [0.1, 0.15) is 22.8 Å². The summed E-state index contributed by atoms with van der Waals surface area (Å²) in [4.78, 5) is 25.0. The Morgan fingerprint density at radius 3 is 2.58 bits per heavy atom. The highest BCUT2D eigenvalue weighted by Gasteiger charge is 2.33. The van der Waals surface area contributed by atoms with Crippen LogP contribution < -0.4 is 0 Å². The second-order valence-electron chi connectivity index (χ2n) is 5.28. The van der Waals surface area contributed by atoms with Gasteiger partial charge in [-0.1, -0.05) is 24.3 Å². The Morgan fingerprint density at radius 2 is 1.88 bits per heavy atom. The SMILES string of the molecule is CC1=NN(C(=O)c2ccccc2O)C(=O)/C1=C\c1cccc(O)c1. The average molecular weight is 322 g/mol. The van der Waals surface area contributed by atoms with Crippen LogP contribution in [0.25, 0.3) is 6.08 Å². The molecule has 3 rings (SSSR count). The Hall–Kier alpha value is -3.41. The first-order valence-corrected chi connectivity index (χ1v) is 7.20. The number of nitrogens with zero attached hydrogens (tertiary/aromatic N) is 2. The highest BCUT2D eigenvalue weighted by molar-refractivity contribution is 6.30. The van der Waals surface area contributed by atoms with Crippen molar-refractivity contribution >= 4 is 23.6 Å². The van der Waals surface area contributed by atoms with E-state index >= 15 is 0 Å². The summed E-state index contributed by atoms with van der Waals surface area (Å²) in [5.41, 5.74) is 1.25. The van der Waals surface area contributed by atoms with Gasteiger partial charge in [0.15, 0.2) is 0 Å². The number of carbonyl (C=O) groups is 2. The van der Waals surface area contributed by atoms with Crippen molar-refractivity contribution in [2.75, 3.05) is 0 Å². The number of rotatable bonds is 2. The predicted molar refractivity (Wildman–Crippen MR) is 88.5 cm³/mol. The van der Waals surface area contributed by atoms with Crippen LogP contribution in [0.15, 0.2) is 59.2 Å². The second-order valence-corrected chi connectivity index (χ2v) is 5.28. The van der Waals surface area contributed by atoms with Gasteiger partial charge in [0.2, 0.25) is 0 Å². The van der Waals surface area contributed by atoms with Gasteiger partial charge in [0.05, 0.1) is 16.8 Å². The average Bonchev–Trinajstić information content (AvgIpc) is 2.83. The van der Waals surface area contributed by atoms with Gasteiger partial charge in [-0.2, -0.15) is 10.1 Å². The molecular weight excluding hydrogens is 308 g/mol. The molecule has 0 fully saturated rings. The molecule has 2 aromatic rings. The van der Waals surface area contributed by atoms with E-state index in [1.54, 1.807) is 37.3 Å². The largest absolute Gasteiger partial charge is 0.508 e. The number of hydrogen-bond donors (Lipinski definition) is 2. The smallest absolute Gasteiger partial charge is 0.285 e. The quantitative estimate of drug-likeness (QED) is 0.657. The van der Waals surface area contributed by atoms with E-state index in [4.69, 9.17) is 0 Å². The molecule has 6 heteroatoms. The summed E-state index contributed by atoms with van der Waals surface area (Å²) in [6, 6.07) is 12.4. The molecule has 0 bridgehead atoms. The number of aromatic hydroxyl groups is 2. The Morgan fingerprint density at radius 1 is 1.12 bits per heavy atom. The van der Waals surface area contributed by atoms with Gasteiger partial charge < -0.3 is 10.2 Å². The Bertz CT molecular complexity index is 899. The van der Waals surface area contributed by atoms with E-state index in [0.29, 0.717) is 11.3 Å². The molecule has 0 saturated carbocycles. The first kappa shape index (κ1) is 15.5. The minimum atomic E-state index is -0.697. The van der Waals surface area contributed by atoms with Gasteiger partial charge in [-0.3, -0.25) is 9.59 Å². The first-order valence-electron chi connectivity index (χ1n) is 7.20. The molecule has 0 unspecified atom stereocenters. The number of imide groups is 1. The molecule has 1 aliphatic heterocycles. The maximum Gasteiger partial charge on any atom is 0.285 e. The predicted octanol–water partition coefficient (Wildman–Crippen LogP) is 2.54. The van der Waals surface area contributed by atoms with Crippen LogP contribution in [0.2, 0.25) is 0 Å². The molecule has 120 valence electrons. The zero-order chi connectivity index (χ0) is 17.3. The van der Waals surface area contributed by atoms with Gasteiger partial charge in [0, 0.05) is 0 Å². The Kier molecular flexibility index (Phi) is 3.87. The molecular formula is C18H14N2O4. The number of amides is 2. The van der Waals surface area contributed by atoms with Crippen LogP contribution in [-0.4, -0.2) is 32.7 Å². The lowest BCUT2D eigenvalue weighted by atomic mass is 10.1. The zero-order valence-electron chi connectivity index (χ0n) is 12.8. The van der Waals surface area contributed by atoms with Crippen molar-refractivity contribution in [3.8, 4) is 11.5 Å². The summed E-state index contributed by atoms with van der Waals surface area (Å²) in [5, 5.41) is 24.0. The van der Waals surface area contributed by atoms with Gasteiger partial charge in [0.25, 0.3) is 11.8 Å². The van der Waals surface area contributed by atoms with E-state index in [-0.39, 0.29) is 22.6 Å². The maximum absolute atomic E-state index is 12.5. The molecule has 6 nitrogen and oxygen atoms in total. The fourth-order valence-electron chi connectivity index (χ4n) is 2.37. The van der Waals surface area contributed by atoms with Crippen LogP contribution in [0.3, 0.4) is 0 Å². The third-order valence-corrected chi connectivity index (χ3v) is 3.57. The molecule has 0 radical (unpaired) electrons. The summed E-state index contributed by atoms with van der Waals surface area (Å²) < 4.78 is 0. The van der Waals surface area contributed by atoms with Gasteiger partial charge in [-0.25, -0.2) is 0 Å². The molecule has 2 N–H and O–H groups in total. The Balaban J connectivity index is 1.94. The lowest BCUT2D eigenvalue weighted by molar-refractivity contribution is -0.123. The number of benzene rings is 2. The van der Waals surface area contributed by atoms with E-state index in [1.807, 2.05) is 0 Å². The van der Waals surface area contributed by atoms with Crippen molar-refractivity contribution in [2.24, 2.45) is 5.10 Å². The molecule has 1 heterocycles. The van der Waals surface area contributed by atoms with E-state index in [1.165, 1.54) is 24.3 Å². The summed E-state index contributed by atoms with van der Waals surface area (Å²) in [5.74, 6) is -1.42. The van der Waals surface area contributed by atoms with Crippen molar-refractivity contribution in [3.05, 3.63) is 65.2 Å². The number of carbonyl (C=O) groups excluding carboxylic acids is 2. The molecule has 2 amide bonds. The van der Waals surface area contributed by atoms with Crippen molar-refractivity contribution < 1.29 is 19.8 Å². The lowest BCUT2D eigenvalue weighted by Gasteiger charge is -2.10. The molecule has 0 atom stereocenters.